The average molecular weight is 264 g/mol. The van der Waals surface area contributed by atoms with Gasteiger partial charge in [-0.1, -0.05) is 6.92 Å². The highest BCUT2D eigenvalue weighted by atomic mass is 32.1. The molecule has 0 aliphatic rings. The maximum absolute atomic E-state index is 4.56. The molecule has 0 bridgehead atoms. The van der Waals surface area contributed by atoms with Crippen molar-refractivity contribution >= 4 is 17.3 Å². The number of hydrogen-bond acceptors (Lipinski definition) is 4. The van der Waals surface area contributed by atoms with E-state index >= 15 is 0 Å². The van der Waals surface area contributed by atoms with E-state index in [4.69, 9.17) is 0 Å². The maximum Gasteiger partial charge on any atom is 0.203 e. The standard InChI is InChI=1S/C13H20N4S/c1-5-11(12-14-6-7-18-12)17-8-10(4)16-13(17)15-9(2)3/h6-9,11H,5H2,1-4H3,(H,15,16). The first-order valence-corrected chi connectivity index (χ1v) is 7.21. The van der Waals surface area contributed by atoms with Gasteiger partial charge in [-0.15, -0.1) is 11.3 Å². The van der Waals surface area contributed by atoms with Crippen LogP contribution in [-0.4, -0.2) is 20.6 Å². The van der Waals surface area contributed by atoms with E-state index in [1.54, 1.807) is 11.3 Å². The van der Waals surface area contributed by atoms with Gasteiger partial charge in [-0.2, -0.15) is 0 Å². The van der Waals surface area contributed by atoms with Crippen LogP contribution in [0.5, 0.6) is 0 Å². The van der Waals surface area contributed by atoms with Crippen LogP contribution in [0.3, 0.4) is 0 Å². The molecule has 0 aromatic carbocycles. The summed E-state index contributed by atoms with van der Waals surface area (Å²) in [4.78, 5) is 8.99. The molecule has 5 heteroatoms. The number of anilines is 1. The van der Waals surface area contributed by atoms with Gasteiger partial charge in [0, 0.05) is 23.8 Å². The van der Waals surface area contributed by atoms with Gasteiger partial charge in [0.25, 0.3) is 0 Å². The largest absolute Gasteiger partial charge is 0.353 e. The second-order valence-corrected chi connectivity index (χ2v) is 5.63. The number of aryl methyl sites for hydroxylation is 1. The molecule has 1 atom stereocenters. The fraction of sp³-hybridized carbons (Fsp3) is 0.538. The van der Waals surface area contributed by atoms with Gasteiger partial charge in [0.2, 0.25) is 5.95 Å². The first kappa shape index (κ1) is 13.1. The van der Waals surface area contributed by atoms with E-state index in [1.807, 2.05) is 18.5 Å². The molecule has 0 amide bonds. The molecule has 0 aliphatic heterocycles. The number of imidazole rings is 1. The third-order valence-electron chi connectivity index (χ3n) is 2.73. The van der Waals surface area contributed by atoms with Gasteiger partial charge in [-0.25, -0.2) is 9.97 Å². The number of nitrogens with zero attached hydrogens (tertiary/aromatic N) is 3. The summed E-state index contributed by atoms with van der Waals surface area (Å²) >= 11 is 1.70. The highest BCUT2D eigenvalue weighted by Gasteiger charge is 2.18. The first-order valence-electron chi connectivity index (χ1n) is 6.33. The highest BCUT2D eigenvalue weighted by Crippen LogP contribution is 2.27. The lowest BCUT2D eigenvalue weighted by Gasteiger charge is -2.18. The molecule has 0 spiro atoms. The lowest BCUT2D eigenvalue weighted by molar-refractivity contribution is 0.565. The molecule has 4 nitrogen and oxygen atoms in total. The van der Waals surface area contributed by atoms with E-state index < -0.39 is 0 Å². The Labute approximate surface area is 112 Å². The summed E-state index contributed by atoms with van der Waals surface area (Å²) in [7, 11) is 0. The van der Waals surface area contributed by atoms with E-state index in [0.29, 0.717) is 6.04 Å². The summed E-state index contributed by atoms with van der Waals surface area (Å²) in [5.41, 5.74) is 1.04. The molecular weight excluding hydrogens is 244 g/mol. The third kappa shape index (κ3) is 2.72. The van der Waals surface area contributed by atoms with Crippen LogP contribution in [0.1, 0.15) is 43.9 Å². The van der Waals surface area contributed by atoms with Crippen molar-refractivity contribution in [1.82, 2.24) is 14.5 Å². The molecule has 0 saturated carbocycles. The minimum Gasteiger partial charge on any atom is -0.353 e. The maximum atomic E-state index is 4.56. The van der Waals surface area contributed by atoms with Crippen LogP contribution < -0.4 is 5.32 Å². The van der Waals surface area contributed by atoms with Crippen LogP contribution in [0.25, 0.3) is 0 Å². The predicted molar refractivity (Wildman–Crippen MR) is 76.3 cm³/mol. The van der Waals surface area contributed by atoms with Gasteiger partial charge in [0.15, 0.2) is 0 Å². The lowest BCUT2D eigenvalue weighted by atomic mass is 10.2. The molecule has 1 N–H and O–H groups in total. The van der Waals surface area contributed by atoms with Gasteiger partial charge in [0.05, 0.1) is 11.7 Å². The monoisotopic (exact) mass is 264 g/mol. The second kappa shape index (κ2) is 5.52. The summed E-state index contributed by atoms with van der Waals surface area (Å²) in [5.74, 6) is 0.935. The Kier molecular flexibility index (Phi) is 4.01. The summed E-state index contributed by atoms with van der Waals surface area (Å²) in [6.45, 7) is 8.45. The molecule has 2 rings (SSSR count). The van der Waals surface area contributed by atoms with E-state index in [0.717, 1.165) is 23.1 Å². The van der Waals surface area contributed by atoms with E-state index in [1.165, 1.54) is 0 Å². The fourth-order valence-electron chi connectivity index (χ4n) is 2.01. The zero-order chi connectivity index (χ0) is 13.1. The van der Waals surface area contributed by atoms with E-state index in [9.17, 15) is 0 Å². The first-order chi connectivity index (χ1) is 8.61. The van der Waals surface area contributed by atoms with Gasteiger partial charge < -0.3 is 9.88 Å². The Morgan fingerprint density at radius 3 is 2.78 bits per heavy atom. The van der Waals surface area contributed by atoms with Crippen LogP contribution in [0.2, 0.25) is 0 Å². The number of aromatic nitrogens is 3. The molecule has 98 valence electrons. The van der Waals surface area contributed by atoms with E-state index in [-0.39, 0.29) is 6.04 Å². The van der Waals surface area contributed by atoms with Crippen LogP contribution in [-0.2, 0) is 0 Å². The highest BCUT2D eigenvalue weighted by molar-refractivity contribution is 7.09. The third-order valence-corrected chi connectivity index (χ3v) is 3.61. The minimum absolute atomic E-state index is 0.271. The van der Waals surface area contributed by atoms with Crippen LogP contribution in [0.15, 0.2) is 17.8 Å². The molecule has 1 unspecified atom stereocenters. The quantitative estimate of drug-likeness (QED) is 0.899. The summed E-state index contributed by atoms with van der Waals surface area (Å²) in [5, 5.41) is 6.57. The van der Waals surface area contributed by atoms with Crippen LogP contribution >= 0.6 is 11.3 Å². The van der Waals surface area contributed by atoms with Gasteiger partial charge in [0.1, 0.15) is 5.01 Å². The predicted octanol–water partition coefficient (Wildman–Crippen LogP) is 3.47. The second-order valence-electron chi connectivity index (χ2n) is 4.71. The van der Waals surface area contributed by atoms with E-state index in [2.05, 4.69) is 46.8 Å². The molecular formula is C13H20N4S. The van der Waals surface area contributed by atoms with Crippen molar-refractivity contribution in [3.63, 3.8) is 0 Å². The smallest absolute Gasteiger partial charge is 0.203 e. The minimum atomic E-state index is 0.271. The molecule has 0 radical (unpaired) electrons. The van der Waals surface area contributed by atoms with Crippen molar-refractivity contribution in [3.05, 3.63) is 28.5 Å². The number of nitrogens with one attached hydrogen (secondary N) is 1. The van der Waals surface area contributed by atoms with Crippen molar-refractivity contribution in [2.75, 3.05) is 5.32 Å². The molecule has 0 saturated heterocycles. The van der Waals surface area contributed by atoms with Gasteiger partial charge >= 0.3 is 0 Å². The van der Waals surface area contributed by atoms with Crippen LogP contribution in [0.4, 0.5) is 5.95 Å². The zero-order valence-corrected chi connectivity index (χ0v) is 12.2. The van der Waals surface area contributed by atoms with Crippen molar-refractivity contribution < 1.29 is 0 Å². The number of rotatable bonds is 5. The Morgan fingerprint density at radius 1 is 1.44 bits per heavy atom. The Hall–Kier alpha value is -1.36. The van der Waals surface area contributed by atoms with Crippen molar-refractivity contribution in [3.8, 4) is 0 Å². The Bertz CT molecular complexity index is 487. The molecule has 0 fully saturated rings. The number of thiazole rings is 1. The molecule has 2 heterocycles. The molecule has 0 aliphatic carbocycles. The zero-order valence-electron chi connectivity index (χ0n) is 11.3. The van der Waals surface area contributed by atoms with Crippen molar-refractivity contribution in [1.29, 1.82) is 0 Å². The fourth-order valence-corrected chi connectivity index (χ4v) is 2.83. The summed E-state index contributed by atoms with van der Waals surface area (Å²) in [6, 6.07) is 0.645. The normalized spacial score (nSPS) is 12.9. The topological polar surface area (TPSA) is 42.7 Å². The summed E-state index contributed by atoms with van der Waals surface area (Å²) < 4.78 is 2.20. The Balaban J connectivity index is 2.36. The van der Waals surface area contributed by atoms with Gasteiger partial charge in [-0.05, 0) is 27.2 Å². The molecule has 18 heavy (non-hydrogen) atoms. The van der Waals surface area contributed by atoms with Crippen LogP contribution in [0, 0.1) is 6.92 Å². The number of hydrogen-bond donors (Lipinski definition) is 1. The molecule has 2 aromatic rings. The lowest BCUT2D eigenvalue weighted by Crippen LogP contribution is -2.17. The Morgan fingerprint density at radius 2 is 2.22 bits per heavy atom. The average Bonchev–Trinajstić information content (AvgIpc) is 2.90. The molecule has 2 aromatic heterocycles. The SMILES string of the molecule is CCC(c1nccs1)n1cc(C)nc1NC(C)C. The summed E-state index contributed by atoms with van der Waals surface area (Å²) in [6.07, 6.45) is 4.97. The van der Waals surface area contributed by atoms with Crippen molar-refractivity contribution in [2.45, 2.75) is 46.2 Å². The van der Waals surface area contributed by atoms with Crippen molar-refractivity contribution in [2.24, 2.45) is 0 Å². The van der Waals surface area contributed by atoms with Gasteiger partial charge in [-0.3, -0.25) is 0 Å².